The maximum absolute atomic E-state index is 13.5. The van der Waals surface area contributed by atoms with E-state index in [1.165, 1.54) is 31.0 Å². The minimum atomic E-state index is -0.573. The van der Waals surface area contributed by atoms with Crippen LogP contribution in [0.5, 0.6) is 11.5 Å². The number of esters is 1. The van der Waals surface area contributed by atoms with E-state index in [1.54, 1.807) is 61.5 Å². The van der Waals surface area contributed by atoms with Gasteiger partial charge in [0.05, 0.1) is 37.8 Å². The predicted octanol–water partition coefficient (Wildman–Crippen LogP) is 5.12. The molecule has 0 saturated heterocycles. The van der Waals surface area contributed by atoms with Gasteiger partial charge in [-0.3, -0.25) is 4.79 Å². The molecule has 0 saturated carbocycles. The molecule has 0 atom stereocenters. The normalized spacial score (nSPS) is 10.6. The molecule has 4 rings (SSSR count). The molecule has 8 nitrogen and oxygen atoms in total. The van der Waals surface area contributed by atoms with Crippen LogP contribution >= 0.6 is 0 Å². The van der Waals surface area contributed by atoms with Gasteiger partial charge in [-0.1, -0.05) is 12.1 Å². The van der Waals surface area contributed by atoms with E-state index in [2.05, 4.69) is 10.4 Å². The molecule has 184 valence electrons. The molecule has 36 heavy (non-hydrogen) atoms. The fraction of sp³-hybridized carbons (Fsp3) is 0.148. The van der Waals surface area contributed by atoms with E-state index in [1.807, 2.05) is 6.07 Å². The van der Waals surface area contributed by atoms with Crippen molar-refractivity contribution in [2.24, 2.45) is 0 Å². The summed E-state index contributed by atoms with van der Waals surface area (Å²) in [7, 11) is 3.01. The van der Waals surface area contributed by atoms with Crippen molar-refractivity contribution >= 4 is 17.6 Å². The summed E-state index contributed by atoms with van der Waals surface area (Å²) < 4.78 is 30.7. The van der Waals surface area contributed by atoms with E-state index < -0.39 is 11.8 Å². The smallest absolute Gasteiger partial charge is 0.358 e. The third-order valence-corrected chi connectivity index (χ3v) is 5.33. The van der Waals surface area contributed by atoms with E-state index in [-0.39, 0.29) is 18.2 Å². The molecule has 3 aromatic carbocycles. The number of ether oxygens (including phenoxy) is 3. The van der Waals surface area contributed by atoms with Crippen molar-refractivity contribution in [2.45, 2.75) is 6.92 Å². The topological polar surface area (TPSA) is 91.7 Å². The number of benzene rings is 3. The van der Waals surface area contributed by atoms with Crippen molar-refractivity contribution in [1.29, 1.82) is 0 Å². The first-order valence-electron chi connectivity index (χ1n) is 11.1. The monoisotopic (exact) mass is 489 g/mol. The number of nitrogens with zero attached hydrogens (tertiary/aromatic N) is 2. The molecule has 0 spiro atoms. The van der Waals surface area contributed by atoms with Crippen molar-refractivity contribution < 1.29 is 28.2 Å². The zero-order valence-corrected chi connectivity index (χ0v) is 19.9. The summed E-state index contributed by atoms with van der Waals surface area (Å²) in [5, 5.41) is 7.25. The Labute approximate surface area is 207 Å². The first kappa shape index (κ1) is 24.5. The summed E-state index contributed by atoms with van der Waals surface area (Å²) in [6, 6.07) is 19.3. The van der Waals surface area contributed by atoms with Crippen molar-refractivity contribution in [3.8, 4) is 28.4 Å². The van der Waals surface area contributed by atoms with Gasteiger partial charge in [-0.15, -0.1) is 0 Å². The highest BCUT2D eigenvalue weighted by atomic mass is 19.1. The highest BCUT2D eigenvalue weighted by molar-refractivity contribution is 6.06. The van der Waals surface area contributed by atoms with Gasteiger partial charge in [0, 0.05) is 17.3 Å². The van der Waals surface area contributed by atoms with E-state index in [4.69, 9.17) is 14.2 Å². The standard InChI is InChI=1S/C27H24FN3O5/c1-4-36-27(33)23-16-24(31(30-23)20-10-8-18(28)9-11-20)17-6-5-7-19(14-17)29-26(32)22-13-12-21(34-2)15-25(22)35-3/h5-16H,4H2,1-3H3,(H,29,32). The number of hydrogen-bond donors (Lipinski definition) is 1. The number of carbonyl (C=O) groups is 2. The summed E-state index contributed by atoms with van der Waals surface area (Å²) in [6.45, 7) is 1.91. The highest BCUT2D eigenvalue weighted by Gasteiger charge is 2.19. The van der Waals surface area contributed by atoms with E-state index in [0.29, 0.717) is 39.7 Å². The van der Waals surface area contributed by atoms with Gasteiger partial charge in [-0.25, -0.2) is 13.9 Å². The first-order valence-corrected chi connectivity index (χ1v) is 11.1. The molecule has 1 aromatic heterocycles. The lowest BCUT2D eigenvalue weighted by molar-refractivity contribution is 0.0518. The molecule has 1 heterocycles. The van der Waals surface area contributed by atoms with Gasteiger partial charge in [0.25, 0.3) is 5.91 Å². The lowest BCUT2D eigenvalue weighted by Crippen LogP contribution is -2.13. The van der Waals surface area contributed by atoms with Gasteiger partial charge in [-0.2, -0.15) is 5.10 Å². The molecule has 4 aromatic rings. The van der Waals surface area contributed by atoms with Crippen LogP contribution in [0.4, 0.5) is 10.1 Å². The molecule has 0 aliphatic carbocycles. The fourth-order valence-electron chi connectivity index (χ4n) is 3.61. The maximum atomic E-state index is 13.5. The minimum absolute atomic E-state index is 0.105. The number of carbonyl (C=O) groups excluding carboxylic acids is 2. The van der Waals surface area contributed by atoms with Gasteiger partial charge in [-0.05, 0) is 61.5 Å². The minimum Gasteiger partial charge on any atom is -0.497 e. The quantitative estimate of drug-likeness (QED) is 0.345. The van der Waals surface area contributed by atoms with E-state index >= 15 is 0 Å². The van der Waals surface area contributed by atoms with Crippen LogP contribution in [0.1, 0.15) is 27.8 Å². The Bertz CT molecular complexity index is 1400. The zero-order chi connectivity index (χ0) is 25.7. The molecule has 0 unspecified atom stereocenters. The van der Waals surface area contributed by atoms with Crippen LogP contribution < -0.4 is 14.8 Å². The molecule has 0 aliphatic heterocycles. The van der Waals surface area contributed by atoms with Crippen LogP contribution in [0.15, 0.2) is 72.8 Å². The zero-order valence-electron chi connectivity index (χ0n) is 19.9. The SMILES string of the molecule is CCOC(=O)c1cc(-c2cccc(NC(=O)c3ccc(OC)cc3OC)c2)n(-c2ccc(F)cc2)n1. The molecule has 1 N–H and O–H groups in total. The van der Waals surface area contributed by atoms with Crippen molar-refractivity contribution in [3.05, 3.63) is 89.9 Å². The van der Waals surface area contributed by atoms with Gasteiger partial charge < -0.3 is 19.5 Å². The first-order chi connectivity index (χ1) is 17.4. The Balaban J connectivity index is 1.69. The number of aromatic nitrogens is 2. The van der Waals surface area contributed by atoms with E-state index in [0.717, 1.165) is 0 Å². The van der Waals surface area contributed by atoms with Crippen LogP contribution in [-0.4, -0.2) is 42.5 Å². The van der Waals surface area contributed by atoms with Crippen LogP contribution in [-0.2, 0) is 4.74 Å². The van der Waals surface area contributed by atoms with Crippen LogP contribution in [0.2, 0.25) is 0 Å². The van der Waals surface area contributed by atoms with Crippen LogP contribution in [0.25, 0.3) is 16.9 Å². The Morgan fingerprint density at radius 2 is 1.75 bits per heavy atom. The Morgan fingerprint density at radius 3 is 2.44 bits per heavy atom. The molecule has 0 fully saturated rings. The second-order valence-electron chi connectivity index (χ2n) is 7.62. The van der Waals surface area contributed by atoms with Crippen molar-refractivity contribution in [1.82, 2.24) is 9.78 Å². The average molecular weight is 490 g/mol. The Morgan fingerprint density at radius 1 is 0.972 bits per heavy atom. The van der Waals surface area contributed by atoms with Crippen molar-refractivity contribution in [3.63, 3.8) is 0 Å². The number of hydrogen-bond acceptors (Lipinski definition) is 6. The van der Waals surface area contributed by atoms with Gasteiger partial charge >= 0.3 is 5.97 Å². The lowest BCUT2D eigenvalue weighted by Gasteiger charge is -2.12. The van der Waals surface area contributed by atoms with E-state index in [9.17, 15) is 14.0 Å². The number of anilines is 1. The summed E-state index contributed by atoms with van der Waals surface area (Å²) in [5.74, 6) is -0.397. The van der Waals surface area contributed by atoms with Gasteiger partial charge in [0.1, 0.15) is 17.3 Å². The second kappa shape index (κ2) is 10.7. The van der Waals surface area contributed by atoms with Crippen LogP contribution in [0, 0.1) is 5.82 Å². The largest absolute Gasteiger partial charge is 0.497 e. The highest BCUT2D eigenvalue weighted by Crippen LogP contribution is 2.29. The number of halogens is 1. The Hall–Kier alpha value is -4.66. The van der Waals surface area contributed by atoms with Gasteiger partial charge in [0.15, 0.2) is 5.69 Å². The summed E-state index contributed by atoms with van der Waals surface area (Å²) in [6.07, 6.45) is 0. The predicted molar refractivity (Wildman–Crippen MR) is 132 cm³/mol. The summed E-state index contributed by atoms with van der Waals surface area (Å²) >= 11 is 0. The number of rotatable bonds is 8. The molecule has 1 amide bonds. The summed E-state index contributed by atoms with van der Waals surface area (Å²) in [4.78, 5) is 25.3. The third-order valence-electron chi connectivity index (χ3n) is 5.33. The molecule has 0 bridgehead atoms. The number of methoxy groups -OCH3 is 2. The number of amides is 1. The van der Waals surface area contributed by atoms with Crippen LogP contribution in [0.3, 0.4) is 0 Å². The molecule has 0 aliphatic rings. The molecular formula is C27H24FN3O5. The van der Waals surface area contributed by atoms with Gasteiger partial charge in [0.2, 0.25) is 0 Å². The molecular weight excluding hydrogens is 465 g/mol. The number of nitrogens with one attached hydrogen (secondary N) is 1. The molecule has 0 radical (unpaired) electrons. The third kappa shape index (κ3) is 5.20. The Kier molecular flexibility index (Phi) is 7.29. The fourth-order valence-corrected chi connectivity index (χ4v) is 3.61. The van der Waals surface area contributed by atoms with Crippen molar-refractivity contribution in [2.75, 3.05) is 26.1 Å². The second-order valence-corrected chi connectivity index (χ2v) is 7.62. The molecule has 9 heteroatoms. The lowest BCUT2D eigenvalue weighted by atomic mass is 10.1. The summed E-state index contributed by atoms with van der Waals surface area (Å²) in [5.41, 5.74) is 2.74. The average Bonchev–Trinajstić information content (AvgIpc) is 3.35. The maximum Gasteiger partial charge on any atom is 0.358 e.